The molecule has 2 fully saturated rings. The second-order valence-electron chi connectivity index (χ2n) is 10.6. The molecule has 1 saturated carbocycles. The van der Waals surface area contributed by atoms with Gasteiger partial charge in [0.1, 0.15) is 22.8 Å². The van der Waals surface area contributed by atoms with E-state index in [2.05, 4.69) is 10.1 Å². The molecule has 0 aromatic heterocycles. The smallest absolute Gasteiger partial charge is 0.255 e. The van der Waals surface area contributed by atoms with Crippen LogP contribution < -0.4 is 10.6 Å². The predicted molar refractivity (Wildman–Crippen MR) is 134 cm³/mol. The number of carbonyl (C=O) groups is 3. The number of rotatable bonds is 4. The summed E-state index contributed by atoms with van der Waals surface area (Å²) in [6, 6.07) is 2.14. The van der Waals surface area contributed by atoms with Crippen LogP contribution in [0.25, 0.3) is 5.76 Å². The number of hydrogen-bond donors (Lipinski definition) is 4. The van der Waals surface area contributed by atoms with E-state index in [0.717, 1.165) is 38.0 Å². The highest BCUT2D eigenvalue weighted by atomic mass is 16.3. The lowest BCUT2D eigenvalue weighted by atomic mass is 9.56. The van der Waals surface area contributed by atoms with Gasteiger partial charge in [0.05, 0.1) is 11.6 Å². The molecule has 1 aromatic carbocycles. The van der Waals surface area contributed by atoms with Gasteiger partial charge in [0.25, 0.3) is 5.91 Å². The standard InChI is InChI=1S/C26H30N4O7/c1-29(2)20-14-11-12-10-13-15(30-8-4-3-5-9-30)6-7-16(31)18(13)21(32)17(12)23(34)26(14,28-37)24(35)19(22(20)33)25(27)36/h6-7,12,14,20,31-32,35H,3-5,8-11H2,1-2H3,(H2,27,36)/t12-,14-,20?,26-/m0/s1. The molecule has 4 atom stereocenters. The minimum atomic E-state index is -2.51. The Labute approximate surface area is 213 Å². The summed E-state index contributed by atoms with van der Waals surface area (Å²) in [5, 5.41) is 36.2. The molecular formula is C26H30N4O7. The first-order chi connectivity index (χ1) is 17.6. The Morgan fingerprint density at radius 2 is 1.81 bits per heavy atom. The van der Waals surface area contributed by atoms with Crippen LogP contribution in [-0.2, 0) is 20.8 Å². The fraction of sp³-hybridized carbons (Fsp3) is 0.500. The molecule has 1 aliphatic heterocycles. The number of phenolic OH excluding ortho intramolecular Hbond substituents is 1. The topological polar surface area (TPSA) is 174 Å². The van der Waals surface area contributed by atoms with Crippen molar-refractivity contribution in [1.82, 2.24) is 4.90 Å². The zero-order valence-corrected chi connectivity index (χ0v) is 20.7. The van der Waals surface area contributed by atoms with Crippen molar-refractivity contribution in [3.63, 3.8) is 0 Å². The van der Waals surface area contributed by atoms with Crippen LogP contribution in [0.5, 0.6) is 5.75 Å². The second kappa shape index (κ2) is 8.69. The molecule has 37 heavy (non-hydrogen) atoms. The SMILES string of the molecule is CN(C)C1C(=O)C(C(N)=O)=C(O)[C@@]2(N=O)C(=O)C3=C(O)c4c(O)ccc(N5CCCCC5)c4C[C@H]3C[C@@H]12. The minimum absolute atomic E-state index is 0.0517. The van der Waals surface area contributed by atoms with Gasteiger partial charge >= 0.3 is 0 Å². The summed E-state index contributed by atoms with van der Waals surface area (Å²) in [5.74, 6) is -6.54. The van der Waals surface area contributed by atoms with Crippen LogP contribution in [0.2, 0.25) is 0 Å². The maximum atomic E-state index is 14.0. The summed E-state index contributed by atoms with van der Waals surface area (Å²) in [6.45, 7) is 1.65. The van der Waals surface area contributed by atoms with Crippen LogP contribution in [0.4, 0.5) is 5.69 Å². The lowest BCUT2D eigenvalue weighted by molar-refractivity contribution is -0.134. The molecule has 196 valence electrons. The third-order valence-corrected chi connectivity index (χ3v) is 8.42. The largest absolute Gasteiger partial charge is 0.508 e. The first-order valence-electron chi connectivity index (χ1n) is 12.4. The Morgan fingerprint density at radius 3 is 2.41 bits per heavy atom. The van der Waals surface area contributed by atoms with Gasteiger partial charge in [0, 0.05) is 30.3 Å². The number of phenols is 1. The third-order valence-electron chi connectivity index (χ3n) is 8.42. The normalized spacial score (nSPS) is 29.7. The number of fused-ring (bicyclic) bond motifs is 3. The van der Waals surface area contributed by atoms with Crippen molar-refractivity contribution in [2.75, 3.05) is 32.1 Å². The van der Waals surface area contributed by atoms with Crippen LogP contribution in [0.15, 0.2) is 34.2 Å². The number of primary amides is 1. The lowest BCUT2D eigenvalue weighted by Crippen LogP contribution is -2.64. The van der Waals surface area contributed by atoms with E-state index in [1.165, 1.54) is 11.0 Å². The van der Waals surface area contributed by atoms with E-state index in [1.54, 1.807) is 20.2 Å². The van der Waals surface area contributed by atoms with Gasteiger partial charge in [0.2, 0.25) is 11.3 Å². The highest BCUT2D eigenvalue weighted by molar-refractivity contribution is 6.25. The van der Waals surface area contributed by atoms with E-state index in [9.17, 15) is 34.6 Å². The number of carbonyl (C=O) groups excluding carboxylic acids is 3. The second-order valence-corrected chi connectivity index (χ2v) is 10.6. The molecule has 0 bridgehead atoms. The molecule has 5 N–H and O–H groups in total. The van der Waals surface area contributed by atoms with E-state index in [4.69, 9.17) is 5.73 Å². The number of aromatic hydroxyl groups is 1. The van der Waals surface area contributed by atoms with Gasteiger partial charge in [-0.3, -0.25) is 19.3 Å². The number of amides is 1. The molecule has 0 spiro atoms. The van der Waals surface area contributed by atoms with Crippen molar-refractivity contribution in [2.45, 2.75) is 43.7 Å². The third kappa shape index (κ3) is 3.33. The van der Waals surface area contributed by atoms with Crippen molar-refractivity contribution in [1.29, 1.82) is 0 Å². The molecule has 4 aliphatic rings. The number of benzene rings is 1. The summed E-state index contributed by atoms with van der Waals surface area (Å²) in [5.41, 5.74) is 3.52. The molecule has 11 heteroatoms. The Morgan fingerprint density at radius 1 is 1.14 bits per heavy atom. The monoisotopic (exact) mass is 510 g/mol. The van der Waals surface area contributed by atoms with Gasteiger partial charge in [0.15, 0.2) is 5.78 Å². The van der Waals surface area contributed by atoms with Crippen molar-refractivity contribution in [3.8, 4) is 5.75 Å². The lowest BCUT2D eigenvalue weighted by Gasteiger charge is -2.49. The van der Waals surface area contributed by atoms with Gasteiger partial charge in [-0.25, -0.2) is 0 Å². The summed E-state index contributed by atoms with van der Waals surface area (Å²) in [7, 11) is 3.13. The number of aliphatic hydroxyl groups excluding tert-OH is 2. The highest BCUT2D eigenvalue weighted by Crippen LogP contribution is 2.55. The minimum Gasteiger partial charge on any atom is -0.508 e. The Balaban J connectivity index is 1.73. The molecule has 0 radical (unpaired) electrons. The number of ketones is 2. The fourth-order valence-corrected chi connectivity index (χ4v) is 6.81. The van der Waals surface area contributed by atoms with Crippen LogP contribution >= 0.6 is 0 Å². The van der Waals surface area contributed by atoms with E-state index < -0.39 is 58.0 Å². The molecular weight excluding hydrogens is 480 g/mol. The Bertz CT molecular complexity index is 1290. The average molecular weight is 511 g/mol. The molecule has 5 rings (SSSR count). The van der Waals surface area contributed by atoms with Gasteiger partial charge in [-0.15, -0.1) is 4.91 Å². The maximum absolute atomic E-state index is 14.0. The van der Waals surface area contributed by atoms with Crippen LogP contribution in [0, 0.1) is 16.7 Å². The number of piperidine rings is 1. The number of hydrogen-bond acceptors (Lipinski definition) is 10. The van der Waals surface area contributed by atoms with Crippen LogP contribution in [0.1, 0.15) is 36.8 Å². The number of anilines is 1. The first kappa shape index (κ1) is 24.9. The van der Waals surface area contributed by atoms with Gasteiger partial charge in [-0.1, -0.05) is 0 Å². The zero-order chi connectivity index (χ0) is 26.8. The molecule has 11 nitrogen and oxygen atoms in total. The predicted octanol–water partition coefficient (Wildman–Crippen LogP) is 1.73. The van der Waals surface area contributed by atoms with Crippen molar-refractivity contribution in [3.05, 3.63) is 45.1 Å². The summed E-state index contributed by atoms with van der Waals surface area (Å²) < 4.78 is 0. The average Bonchev–Trinajstić information content (AvgIpc) is 2.84. The number of aliphatic hydroxyl groups is 2. The maximum Gasteiger partial charge on any atom is 0.255 e. The first-order valence-corrected chi connectivity index (χ1v) is 12.4. The molecule has 1 unspecified atom stereocenters. The van der Waals surface area contributed by atoms with Crippen molar-refractivity contribution < 1.29 is 29.7 Å². The summed E-state index contributed by atoms with van der Waals surface area (Å²) >= 11 is 0. The summed E-state index contributed by atoms with van der Waals surface area (Å²) in [6.07, 6.45) is 3.47. The molecule has 1 heterocycles. The number of likely N-dealkylation sites (N-methyl/N-ethyl adjacent to an activating group) is 1. The van der Waals surface area contributed by atoms with E-state index in [-0.39, 0.29) is 29.7 Å². The number of Topliss-reactive ketones (excluding diaryl/α,β-unsaturated/α-hetero) is 2. The van der Waals surface area contributed by atoms with Gasteiger partial charge in [-0.05, 0) is 75.0 Å². The summed E-state index contributed by atoms with van der Waals surface area (Å²) in [4.78, 5) is 55.5. The Kier molecular flexibility index (Phi) is 5.86. The molecule has 1 saturated heterocycles. The van der Waals surface area contributed by atoms with E-state index in [0.29, 0.717) is 5.56 Å². The van der Waals surface area contributed by atoms with Crippen molar-refractivity contribution in [2.24, 2.45) is 22.7 Å². The highest BCUT2D eigenvalue weighted by Gasteiger charge is 2.66. The van der Waals surface area contributed by atoms with E-state index in [1.807, 2.05) is 0 Å². The Hall–Kier alpha value is -3.73. The molecule has 1 aromatic rings. The molecule has 1 amide bonds. The van der Waals surface area contributed by atoms with Gasteiger partial charge < -0.3 is 26.0 Å². The van der Waals surface area contributed by atoms with E-state index >= 15 is 0 Å². The van der Waals surface area contributed by atoms with Crippen LogP contribution in [-0.4, -0.2) is 76.5 Å². The number of nitroso groups, excluding NO2 is 1. The van der Waals surface area contributed by atoms with Gasteiger partial charge in [-0.2, -0.15) is 0 Å². The zero-order valence-electron chi connectivity index (χ0n) is 20.7. The van der Waals surface area contributed by atoms with Crippen LogP contribution in [0.3, 0.4) is 0 Å². The number of nitrogens with zero attached hydrogens (tertiary/aromatic N) is 3. The fourth-order valence-electron chi connectivity index (χ4n) is 6.81. The molecule has 3 aliphatic carbocycles. The number of nitrogens with two attached hydrogens (primary N) is 1. The quantitative estimate of drug-likeness (QED) is 0.347. The van der Waals surface area contributed by atoms with Crippen molar-refractivity contribution >= 4 is 28.9 Å².